The molecule has 0 bridgehead atoms. The topological polar surface area (TPSA) is 38.1 Å². The zero-order valence-corrected chi connectivity index (χ0v) is 7.55. The monoisotopic (exact) mass is 166 g/mol. The van der Waals surface area contributed by atoms with Crippen LogP contribution in [0.5, 0.6) is 0 Å². The Morgan fingerprint density at radius 1 is 1.58 bits per heavy atom. The van der Waals surface area contributed by atoms with Crippen molar-refractivity contribution in [2.45, 2.75) is 32.2 Å². The van der Waals surface area contributed by atoms with Crippen LogP contribution >= 0.6 is 0 Å². The summed E-state index contributed by atoms with van der Waals surface area (Å²) in [6.07, 6.45) is 3.45. The average Bonchev–Trinajstić information content (AvgIpc) is 2.48. The molecule has 1 aliphatic rings. The molecule has 1 aromatic rings. The van der Waals surface area contributed by atoms with Crippen molar-refractivity contribution < 1.29 is 4.52 Å². The molecule has 1 aliphatic carbocycles. The maximum atomic E-state index is 5.23. The van der Waals surface area contributed by atoms with Crippen molar-refractivity contribution in [3.63, 3.8) is 0 Å². The number of hydrogen-bond donors (Lipinski definition) is 1. The van der Waals surface area contributed by atoms with Crippen LogP contribution < -0.4 is 5.32 Å². The summed E-state index contributed by atoms with van der Waals surface area (Å²) in [5.74, 6) is 1.08. The van der Waals surface area contributed by atoms with Crippen LogP contribution in [0.25, 0.3) is 0 Å². The van der Waals surface area contributed by atoms with Gasteiger partial charge in [0, 0.05) is 18.0 Å². The molecule has 1 N–H and O–H groups in total. The molecule has 1 atom stereocenters. The summed E-state index contributed by atoms with van der Waals surface area (Å²) in [5, 5.41) is 7.27. The van der Waals surface area contributed by atoms with E-state index in [9.17, 15) is 0 Å². The maximum absolute atomic E-state index is 5.23. The minimum absolute atomic E-state index is 0.458. The lowest BCUT2D eigenvalue weighted by molar-refractivity contribution is 0.357. The second-order valence-corrected chi connectivity index (χ2v) is 3.34. The van der Waals surface area contributed by atoms with Crippen molar-refractivity contribution in [3.8, 4) is 0 Å². The lowest BCUT2D eigenvalue weighted by atomic mass is 9.92. The summed E-state index contributed by atoms with van der Waals surface area (Å²) in [4.78, 5) is 0. The van der Waals surface area contributed by atoms with Crippen LogP contribution in [0.2, 0.25) is 0 Å². The molecule has 0 saturated carbocycles. The number of aromatic nitrogens is 1. The molecule has 0 spiro atoms. The zero-order valence-electron chi connectivity index (χ0n) is 7.55. The van der Waals surface area contributed by atoms with E-state index < -0.39 is 0 Å². The molecule has 0 saturated heterocycles. The molecular formula is C9H14N2O. The Labute approximate surface area is 72.1 Å². The Bertz CT molecular complexity index is 280. The lowest BCUT2D eigenvalue weighted by Crippen LogP contribution is -2.21. The number of hydrogen-bond acceptors (Lipinski definition) is 3. The Balaban J connectivity index is 2.41. The molecule has 66 valence electrons. The maximum Gasteiger partial charge on any atom is 0.141 e. The van der Waals surface area contributed by atoms with Gasteiger partial charge in [-0.25, -0.2) is 0 Å². The quantitative estimate of drug-likeness (QED) is 0.688. The molecule has 1 aromatic heterocycles. The van der Waals surface area contributed by atoms with E-state index in [1.165, 1.54) is 18.4 Å². The number of nitrogens with zero attached hydrogens (tertiary/aromatic N) is 1. The van der Waals surface area contributed by atoms with Crippen molar-refractivity contribution in [3.05, 3.63) is 17.0 Å². The molecule has 0 aliphatic heterocycles. The molecule has 12 heavy (non-hydrogen) atoms. The first kappa shape index (κ1) is 7.80. The van der Waals surface area contributed by atoms with Crippen LogP contribution in [0.3, 0.4) is 0 Å². The fourth-order valence-electron chi connectivity index (χ4n) is 1.95. The molecule has 3 nitrogen and oxygen atoms in total. The van der Waals surface area contributed by atoms with Gasteiger partial charge in [0.05, 0.1) is 5.69 Å². The van der Waals surface area contributed by atoms with Gasteiger partial charge in [0.2, 0.25) is 0 Å². The first-order valence-electron chi connectivity index (χ1n) is 4.45. The van der Waals surface area contributed by atoms with Crippen LogP contribution in [0.15, 0.2) is 4.52 Å². The second-order valence-electron chi connectivity index (χ2n) is 3.34. The molecular weight excluding hydrogens is 152 g/mol. The van der Waals surface area contributed by atoms with Crippen molar-refractivity contribution in [1.29, 1.82) is 0 Å². The fourth-order valence-corrected chi connectivity index (χ4v) is 1.95. The summed E-state index contributed by atoms with van der Waals surface area (Å²) in [6.45, 7) is 2.01. The summed E-state index contributed by atoms with van der Waals surface area (Å²) < 4.78 is 5.23. The van der Waals surface area contributed by atoms with Crippen LogP contribution in [-0.4, -0.2) is 12.2 Å². The Kier molecular flexibility index (Phi) is 1.89. The molecule has 3 heteroatoms. The highest BCUT2D eigenvalue weighted by molar-refractivity contribution is 5.28. The van der Waals surface area contributed by atoms with Crippen molar-refractivity contribution >= 4 is 0 Å². The van der Waals surface area contributed by atoms with Gasteiger partial charge in [-0.2, -0.15) is 0 Å². The normalized spacial score (nSPS) is 22.3. The third-order valence-corrected chi connectivity index (χ3v) is 2.58. The van der Waals surface area contributed by atoms with Crippen molar-refractivity contribution in [2.24, 2.45) is 0 Å². The minimum atomic E-state index is 0.458. The number of rotatable bonds is 1. The molecule has 1 unspecified atom stereocenters. The Morgan fingerprint density at radius 3 is 3.17 bits per heavy atom. The van der Waals surface area contributed by atoms with Gasteiger partial charge < -0.3 is 9.84 Å². The van der Waals surface area contributed by atoms with E-state index in [1.807, 2.05) is 14.0 Å². The molecule has 0 aromatic carbocycles. The molecule has 1 heterocycles. The standard InChI is InChI=1S/C9H14N2O/c1-6-9-7(10-2)4-3-5-8(9)12-11-6/h7,10H,3-5H2,1-2H3. The van der Waals surface area contributed by atoms with E-state index in [0.29, 0.717) is 6.04 Å². The number of aryl methyl sites for hydroxylation is 2. The zero-order chi connectivity index (χ0) is 8.55. The summed E-state index contributed by atoms with van der Waals surface area (Å²) in [6, 6.07) is 0.458. The molecule has 0 amide bonds. The van der Waals surface area contributed by atoms with Gasteiger partial charge in [-0.3, -0.25) is 0 Å². The lowest BCUT2D eigenvalue weighted by Gasteiger charge is -2.20. The highest BCUT2D eigenvalue weighted by Gasteiger charge is 2.24. The fraction of sp³-hybridized carbons (Fsp3) is 0.667. The van der Waals surface area contributed by atoms with Crippen LogP contribution in [-0.2, 0) is 6.42 Å². The largest absolute Gasteiger partial charge is 0.361 e. The highest BCUT2D eigenvalue weighted by atomic mass is 16.5. The number of nitrogens with one attached hydrogen (secondary N) is 1. The third-order valence-electron chi connectivity index (χ3n) is 2.58. The molecule has 0 radical (unpaired) electrons. The van der Waals surface area contributed by atoms with E-state index >= 15 is 0 Å². The summed E-state index contributed by atoms with van der Waals surface area (Å²) in [7, 11) is 1.99. The van der Waals surface area contributed by atoms with E-state index in [2.05, 4.69) is 10.5 Å². The Morgan fingerprint density at radius 2 is 2.42 bits per heavy atom. The van der Waals surface area contributed by atoms with Gasteiger partial charge in [-0.05, 0) is 26.8 Å². The summed E-state index contributed by atoms with van der Waals surface area (Å²) in [5.41, 5.74) is 2.34. The van der Waals surface area contributed by atoms with Crippen LogP contribution in [0.1, 0.15) is 35.9 Å². The van der Waals surface area contributed by atoms with Gasteiger partial charge in [0.25, 0.3) is 0 Å². The first-order valence-corrected chi connectivity index (χ1v) is 4.45. The SMILES string of the molecule is CNC1CCCc2onc(C)c21. The molecule has 2 rings (SSSR count). The van der Waals surface area contributed by atoms with Gasteiger partial charge in [-0.1, -0.05) is 5.16 Å². The molecule has 0 fully saturated rings. The van der Waals surface area contributed by atoms with E-state index in [4.69, 9.17) is 4.52 Å². The third kappa shape index (κ3) is 1.05. The predicted octanol–water partition coefficient (Wildman–Crippen LogP) is 1.58. The van der Waals surface area contributed by atoms with E-state index in [-0.39, 0.29) is 0 Å². The highest BCUT2D eigenvalue weighted by Crippen LogP contribution is 2.31. The van der Waals surface area contributed by atoms with E-state index in [1.54, 1.807) is 0 Å². The minimum Gasteiger partial charge on any atom is -0.361 e. The van der Waals surface area contributed by atoms with Gasteiger partial charge >= 0.3 is 0 Å². The Hall–Kier alpha value is -0.830. The van der Waals surface area contributed by atoms with Gasteiger partial charge in [0.15, 0.2) is 0 Å². The summed E-state index contributed by atoms with van der Waals surface area (Å²) >= 11 is 0. The van der Waals surface area contributed by atoms with Gasteiger partial charge in [-0.15, -0.1) is 0 Å². The second kappa shape index (κ2) is 2.90. The van der Waals surface area contributed by atoms with Crippen LogP contribution in [0, 0.1) is 6.92 Å². The van der Waals surface area contributed by atoms with Crippen LogP contribution in [0.4, 0.5) is 0 Å². The average molecular weight is 166 g/mol. The van der Waals surface area contributed by atoms with Crippen molar-refractivity contribution in [1.82, 2.24) is 10.5 Å². The van der Waals surface area contributed by atoms with Gasteiger partial charge in [0.1, 0.15) is 5.76 Å². The number of fused-ring (bicyclic) bond motifs is 1. The smallest absolute Gasteiger partial charge is 0.141 e. The predicted molar refractivity (Wildman–Crippen MR) is 46.0 cm³/mol. The van der Waals surface area contributed by atoms with E-state index in [0.717, 1.165) is 17.9 Å². The van der Waals surface area contributed by atoms with Crippen molar-refractivity contribution in [2.75, 3.05) is 7.05 Å². The first-order chi connectivity index (χ1) is 5.83.